The summed E-state index contributed by atoms with van der Waals surface area (Å²) in [5, 5.41) is 0. The van der Waals surface area contributed by atoms with Crippen molar-refractivity contribution in [3.8, 4) is 5.75 Å². The summed E-state index contributed by atoms with van der Waals surface area (Å²) in [6, 6.07) is 6.19. The molecule has 2 fully saturated rings. The van der Waals surface area contributed by atoms with Gasteiger partial charge in [-0.25, -0.2) is 0 Å². The highest BCUT2D eigenvalue weighted by Gasteiger charge is 2.32. The molecule has 1 aromatic rings. The number of benzene rings is 1. The molecular formula is C22H30N2O3. The maximum atomic E-state index is 12.9. The number of aryl methyl sites for hydroxylation is 2. The molecule has 0 radical (unpaired) electrons. The number of carbonyl (C=O) groups excluding carboxylic acids is 2. The van der Waals surface area contributed by atoms with Crippen molar-refractivity contribution >= 4 is 11.8 Å². The molecule has 27 heavy (non-hydrogen) atoms. The van der Waals surface area contributed by atoms with E-state index in [4.69, 9.17) is 4.74 Å². The first-order valence-corrected chi connectivity index (χ1v) is 9.92. The second kappa shape index (κ2) is 8.59. The number of ether oxygens (including phenoxy) is 1. The summed E-state index contributed by atoms with van der Waals surface area (Å²) in [4.78, 5) is 28.4. The molecule has 146 valence electrons. The minimum Gasteiger partial charge on any atom is -0.490 e. The predicted molar refractivity (Wildman–Crippen MR) is 106 cm³/mol. The van der Waals surface area contributed by atoms with Gasteiger partial charge in [-0.05, 0) is 56.0 Å². The third kappa shape index (κ3) is 4.71. The van der Waals surface area contributed by atoms with Gasteiger partial charge in [-0.1, -0.05) is 12.6 Å². The maximum Gasteiger partial charge on any atom is 0.245 e. The standard InChI is InChI=1S/C22H30N2O3/c1-4-21(25)24-11-5-6-18(15-24)22(26)23-12-9-19(10-13-23)27-20-8-7-16(2)17(3)14-20/h4,7-8,14,18-19H,1,5-6,9-13,15H2,2-3H3. The number of hydrogen-bond donors (Lipinski definition) is 0. The Morgan fingerprint density at radius 1 is 1.07 bits per heavy atom. The van der Waals surface area contributed by atoms with Crippen LogP contribution >= 0.6 is 0 Å². The van der Waals surface area contributed by atoms with E-state index in [1.807, 2.05) is 11.0 Å². The van der Waals surface area contributed by atoms with Gasteiger partial charge in [0.15, 0.2) is 0 Å². The third-order valence-electron chi connectivity index (χ3n) is 5.79. The van der Waals surface area contributed by atoms with E-state index in [9.17, 15) is 9.59 Å². The van der Waals surface area contributed by atoms with E-state index < -0.39 is 0 Å². The van der Waals surface area contributed by atoms with E-state index in [0.717, 1.165) is 51.1 Å². The van der Waals surface area contributed by atoms with Crippen molar-refractivity contribution in [3.63, 3.8) is 0 Å². The van der Waals surface area contributed by atoms with Crippen LogP contribution in [-0.4, -0.2) is 53.9 Å². The number of carbonyl (C=O) groups is 2. The minimum absolute atomic E-state index is 0.0759. The Kier molecular flexibility index (Phi) is 6.19. The van der Waals surface area contributed by atoms with Gasteiger partial charge in [0, 0.05) is 39.0 Å². The van der Waals surface area contributed by atoms with Gasteiger partial charge in [-0.2, -0.15) is 0 Å². The van der Waals surface area contributed by atoms with E-state index in [1.54, 1.807) is 4.90 Å². The van der Waals surface area contributed by atoms with Crippen molar-refractivity contribution in [2.24, 2.45) is 5.92 Å². The van der Waals surface area contributed by atoms with Crippen molar-refractivity contribution in [2.75, 3.05) is 26.2 Å². The quantitative estimate of drug-likeness (QED) is 0.765. The van der Waals surface area contributed by atoms with Crippen LogP contribution in [-0.2, 0) is 9.59 Å². The van der Waals surface area contributed by atoms with Gasteiger partial charge in [0.1, 0.15) is 11.9 Å². The summed E-state index contributed by atoms with van der Waals surface area (Å²) in [6.45, 7) is 10.4. The fourth-order valence-corrected chi connectivity index (χ4v) is 3.94. The molecule has 1 aromatic carbocycles. The minimum atomic E-state index is -0.0835. The lowest BCUT2D eigenvalue weighted by Crippen LogP contribution is -2.49. The average molecular weight is 370 g/mol. The van der Waals surface area contributed by atoms with Gasteiger partial charge < -0.3 is 14.5 Å². The summed E-state index contributed by atoms with van der Waals surface area (Å²) >= 11 is 0. The van der Waals surface area contributed by atoms with Crippen LogP contribution in [0.4, 0.5) is 0 Å². The molecule has 0 aliphatic carbocycles. The van der Waals surface area contributed by atoms with Crippen molar-refractivity contribution in [2.45, 2.75) is 45.6 Å². The Balaban J connectivity index is 1.51. The summed E-state index contributed by atoms with van der Waals surface area (Å²) in [7, 11) is 0. The van der Waals surface area contributed by atoms with E-state index in [-0.39, 0.29) is 23.8 Å². The lowest BCUT2D eigenvalue weighted by Gasteiger charge is -2.37. The van der Waals surface area contributed by atoms with Gasteiger partial charge in [0.05, 0.1) is 5.92 Å². The molecule has 1 unspecified atom stereocenters. The first-order chi connectivity index (χ1) is 13.0. The lowest BCUT2D eigenvalue weighted by atomic mass is 9.95. The SMILES string of the molecule is C=CC(=O)N1CCCC(C(=O)N2CCC(Oc3ccc(C)c(C)c3)CC2)C1. The molecule has 0 saturated carbocycles. The van der Waals surface area contributed by atoms with Crippen LogP contribution in [0.5, 0.6) is 5.75 Å². The second-order valence-corrected chi connectivity index (χ2v) is 7.72. The highest BCUT2D eigenvalue weighted by molar-refractivity contribution is 5.88. The van der Waals surface area contributed by atoms with Crippen LogP contribution in [0.3, 0.4) is 0 Å². The molecule has 0 bridgehead atoms. The smallest absolute Gasteiger partial charge is 0.245 e. The number of likely N-dealkylation sites (tertiary alicyclic amines) is 2. The van der Waals surface area contributed by atoms with Gasteiger partial charge in [0.2, 0.25) is 11.8 Å². The Hall–Kier alpha value is -2.30. The highest BCUT2D eigenvalue weighted by atomic mass is 16.5. The molecule has 0 spiro atoms. The highest BCUT2D eigenvalue weighted by Crippen LogP contribution is 2.24. The molecule has 2 saturated heterocycles. The van der Waals surface area contributed by atoms with E-state index in [2.05, 4.69) is 32.6 Å². The Labute approximate surface area is 162 Å². The first-order valence-electron chi connectivity index (χ1n) is 9.92. The van der Waals surface area contributed by atoms with Gasteiger partial charge in [0.25, 0.3) is 0 Å². The van der Waals surface area contributed by atoms with E-state index in [0.29, 0.717) is 6.54 Å². The molecule has 5 heteroatoms. The normalized spacial score (nSPS) is 21.0. The zero-order chi connectivity index (χ0) is 19.4. The van der Waals surface area contributed by atoms with Gasteiger partial charge >= 0.3 is 0 Å². The lowest BCUT2D eigenvalue weighted by molar-refractivity contribution is -0.141. The molecule has 2 heterocycles. The number of amides is 2. The summed E-state index contributed by atoms with van der Waals surface area (Å²) in [5.74, 6) is 0.933. The molecule has 2 aliphatic rings. The van der Waals surface area contributed by atoms with Crippen molar-refractivity contribution < 1.29 is 14.3 Å². The Morgan fingerprint density at radius 2 is 1.81 bits per heavy atom. The average Bonchev–Trinajstić information content (AvgIpc) is 2.70. The number of rotatable bonds is 4. The largest absolute Gasteiger partial charge is 0.490 e. The molecule has 3 rings (SSSR count). The zero-order valence-electron chi connectivity index (χ0n) is 16.4. The second-order valence-electron chi connectivity index (χ2n) is 7.72. The molecule has 2 amide bonds. The Morgan fingerprint density at radius 3 is 2.48 bits per heavy atom. The summed E-state index contributed by atoms with van der Waals surface area (Å²) < 4.78 is 6.13. The molecule has 0 N–H and O–H groups in total. The fourth-order valence-electron chi connectivity index (χ4n) is 3.94. The van der Waals surface area contributed by atoms with Crippen LogP contribution in [0, 0.1) is 19.8 Å². The zero-order valence-corrected chi connectivity index (χ0v) is 16.4. The summed E-state index contributed by atoms with van der Waals surface area (Å²) in [6.07, 6.45) is 4.92. The van der Waals surface area contributed by atoms with Crippen LogP contribution in [0.2, 0.25) is 0 Å². The van der Waals surface area contributed by atoms with Crippen LogP contribution in [0.1, 0.15) is 36.8 Å². The Bertz CT molecular complexity index is 708. The van der Waals surface area contributed by atoms with Crippen molar-refractivity contribution in [3.05, 3.63) is 42.0 Å². The van der Waals surface area contributed by atoms with E-state index in [1.165, 1.54) is 17.2 Å². The number of nitrogens with zero attached hydrogens (tertiary/aromatic N) is 2. The molecule has 2 aliphatic heterocycles. The number of piperidine rings is 2. The van der Waals surface area contributed by atoms with Gasteiger partial charge in [-0.15, -0.1) is 0 Å². The van der Waals surface area contributed by atoms with Crippen LogP contribution in [0.15, 0.2) is 30.9 Å². The fraction of sp³-hybridized carbons (Fsp3) is 0.545. The monoisotopic (exact) mass is 370 g/mol. The van der Waals surface area contributed by atoms with Crippen molar-refractivity contribution in [1.82, 2.24) is 9.80 Å². The predicted octanol–water partition coefficient (Wildman–Crippen LogP) is 3.10. The van der Waals surface area contributed by atoms with E-state index >= 15 is 0 Å². The maximum absolute atomic E-state index is 12.9. The molecule has 1 atom stereocenters. The first kappa shape index (κ1) is 19.5. The topological polar surface area (TPSA) is 49.9 Å². The molecule has 0 aromatic heterocycles. The molecule has 5 nitrogen and oxygen atoms in total. The third-order valence-corrected chi connectivity index (χ3v) is 5.79. The summed E-state index contributed by atoms with van der Waals surface area (Å²) in [5.41, 5.74) is 2.50. The van der Waals surface area contributed by atoms with Gasteiger partial charge in [-0.3, -0.25) is 9.59 Å². The van der Waals surface area contributed by atoms with Crippen LogP contribution in [0.25, 0.3) is 0 Å². The van der Waals surface area contributed by atoms with Crippen LogP contribution < -0.4 is 4.74 Å². The number of hydrogen-bond acceptors (Lipinski definition) is 3. The van der Waals surface area contributed by atoms with Crippen molar-refractivity contribution in [1.29, 1.82) is 0 Å². The molecular weight excluding hydrogens is 340 g/mol.